The maximum Gasteiger partial charge on any atom is 0.309 e. The lowest BCUT2D eigenvalue weighted by atomic mass is 10.0. The number of halogens is 1. The third-order valence-corrected chi connectivity index (χ3v) is 4.68. The van der Waals surface area contributed by atoms with E-state index in [1.807, 2.05) is 22.8 Å². The maximum atomic E-state index is 10.8. The number of rotatable bonds is 5. The van der Waals surface area contributed by atoms with Gasteiger partial charge in [-0.15, -0.1) is 11.3 Å². The van der Waals surface area contributed by atoms with Crippen LogP contribution in [0.1, 0.15) is 25.1 Å². The Kier molecular flexibility index (Phi) is 4.41. The molecule has 3 rings (SSSR count). The number of carbonyl (C=O) groups is 1. The molecule has 0 saturated heterocycles. The molecule has 0 atom stereocenters. The van der Waals surface area contributed by atoms with Gasteiger partial charge in [-0.3, -0.25) is 9.36 Å². The van der Waals surface area contributed by atoms with Gasteiger partial charge in [0.25, 0.3) is 0 Å². The summed E-state index contributed by atoms with van der Waals surface area (Å²) in [7, 11) is 0. The summed E-state index contributed by atoms with van der Waals surface area (Å²) in [4.78, 5) is 15.3. The summed E-state index contributed by atoms with van der Waals surface area (Å²) in [5.41, 5.74) is 2.83. The van der Waals surface area contributed by atoms with E-state index in [4.69, 9.17) is 16.7 Å². The molecule has 3 aromatic rings. The van der Waals surface area contributed by atoms with E-state index in [9.17, 15) is 4.79 Å². The molecule has 6 heteroatoms. The highest BCUT2D eigenvalue weighted by atomic mass is 35.5. The van der Waals surface area contributed by atoms with Crippen LogP contribution in [0.15, 0.2) is 29.8 Å². The molecule has 2 aromatic heterocycles. The number of benzene rings is 1. The van der Waals surface area contributed by atoms with Crippen molar-refractivity contribution in [2.75, 3.05) is 0 Å². The first-order valence-corrected chi connectivity index (χ1v) is 8.66. The molecule has 120 valence electrons. The standard InChI is InChI=1S/C17H17ClN2O2S/c1-10(2)5-11-8-20(15-6-12(18)3-4-14(11)15)17-19-13(9-23-17)7-16(21)22/h3-4,6,8-10H,5,7H2,1-2H3,(H,21,22). The Morgan fingerprint density at radius 1 is 1.43 bits per heavy atom. The van der Waals surface area contributed by atoms with E-state index < -0.39 is 5.97 Å². The minimum atomic E-state index is -0.872. The predicted octanol–water partition coefficient (Wildman–Crippen LogP) is 4.57. The predicted molar refractivity (Wildman–Crippen MR) is 93.8 cm³/mol. The summed E-state index contributed by atoms with van der Waals surface area (Å²) in [6.07, 6.45) is 3.00. The fraction of sp³-hybridized carbons (Fsp3) is 0.294. The van der Waals surface area contributed by atoms with Gasteiger partial charge >= 0.3 is 5.97 Å². The molecule has 23 heavy (non-hydrogen) atoms. The average molecular weight is 349 g/mol. The zero-order valence-corrected chi connectivity index (χ0v) is 14.5. The van der Waals surface area contributed by atoms with Gasteiger partial charge < -0.3 is 5.11 Å². The van der Waals surface area contributed by atoms with E-state index >= 15 is 0 Å². The monoisotopic (exact) mass is 348 g/mol. The topological polar surface area (TPSA) is 55.1 Å². The Bertz CT molecular complexity index is 867. The third-order valence-electron chi connectivity index (χ3n) is 3.56. The minimum Gasteiger partial charge on any atom is -0.481 e. The molecule has 1 N–H and O–H groups in total. The molecule has 0 amide bonds. The number of nitrogens with zero attached hydrogens (tertiary/aromatic N) is 2. The average Bonchev–Trinajstić information content (AvgIpc) is 3.02. The Morgan fingerprint density at radius 2 is 2.22 bits per heavy atom. The summed E-state index contributed by atoms with van der Waals surface area (Å²) >= 11 is 7.60. The van der Waals surface area contributed by atoms with Crippen LogP contribution in [-0.4, -0.2) is 20.6 Å². The van der Waals surface area contributed by atoms with Crippen LogP contribution in [-0.2, 0) is 17.6 Å². The highest BCUT2D eigenvalue weighted by molar-refractivity contribution is 7.12. The molecule has 0 radical (unpaired) electrons. The lowest BCUT2D eigenvalue weighted by Crippen LogP contribution is -2.01. The van der Waals surface area contributed by atoms with Crippen molar-refractivity contribution in [3.8, 4) is 5.13 Å². The summed E-state index contributed by atoms with van der Waals surface area (Å²) in [5.74, 6) is -0.327. The van der Waals surface area contributed by atoms with Gasteiger partial charge in [0.15, 0.2) is 5.13 Å². The normalized spacial score (nSPS) is 11.5. The second-order valence-electron chi connectivity index (χ2n) is 5.98. The Balaban J connectivity index is 2.10. The molecule has 2 heterocycles. The molecular formula is C17H17ClN2O2S. The summed E-state index contributed by atoms with van der Waals surface area (Å²) in [6, 6.07) is 5.87. The first-order valence-electron chi connectivity index (χ1n) is 7.40. The smallest absolute Gasteiger partial charge is 0.309 e. The third kappa shape index (κ3) is 3.41. The van der Waals surface area contributed by atoms with Crippen molar-refractivity contribution >= 4 is 39.8 Å². The molecule has 0 aliphatic rings. The number of thiazole rings is 1. The van der Waals surface area contributed by atoms with Crippen LogP contribution in [0.5, 0.6) is 0 Å². The molecule has 0 aliphatic heterocycles. The largest absolute Gasteiger partial charge is 0.481 e. The molecule has 0 aliphatic carbocycles. The van der Waals surface area contributed by atoms with Crippen LogP contribution in [0, 0.1) is 5.92 Å². The van der Waals surface area contributed by atoms with Crippen LogP contribution in [0.2, 0.25) is 5.02 Å². The Labute approximate surface area is 143 Å². The molecule has 0 spiro atoms. The first-order chi connectivity index (χ1) is 10.9. The van der Waals surface area contributed by atoms with E-state index in [0.717, 1.165) is 22.5 Å². The molecule has 1 aromatic carbocycles. The number of fused-ring (bicyclic) bond motifs is 1. The van der Waals surface area contributed by atoms with Crippen molar-refractivity contribution in [1.29, 1.82) is 0 Å². The highest BCUT2D eigenvalue weighted by Crippen LogP contribution is 2.30. The van der Waals surface area contributed by atoms with Crippen LogP contribution in [0.3, 0.4) is 0 Å². The summed E-state index contributed by atoms with van der Waals surface area (Å²) in [5, 5.41) is 13.3. The number of carboxylic acid groups (broad SMARTS) is 1. The van der Waals surface area contributed by atoms with Gasteiger partial charge in [-0.1, -0.05) is 31.5 Å². The number of carboxylic acids is 1. The number of hydrogen-bond acceptors (Lipinski definition) is 3. The van der Waals surface area contributed by atoms with Crippen molar-refractivity contribution in [2.45, 2.75) is 26.7 Å². The van der Waals surface area contributed by atoms with Gasteiger partial charge in [0.2, 0.25) is 0 Å². The zero-order valence-electron chi connectivity index (χ0n) is 12.9. The van der Waals surface area contributed by atoms with Gasteiger partial charge in [-0.25, -0.2) is 4.98 Å². The van der Waals surface area contributed by atoms with E-state index in [-0.39, 0.29) is 6.42 Å². The SMILES string of the molecule is CC(C)Cc1cn(-c2nc(CC(=O)O)cs2)c2cc(Cl)ccc12. The number of aromatic nitrogens is 2. The molecule has 0 saturated carbocycles. The Hall–Kier alpha value is -1.85. The van der Waals surface area contributed by atoms with Gasteiger partial charge in [0.05, 0.1) is 17.6 Å². The van der Waals surface area contributed by atoms with E-state index in [2.05, 4.69) is 25.0 Å². The van der Waals surface area contributed by atoms with Gasteiger partial charge in [0, 0.05) is 22.0 Å². The minimum absolute atomic E-state index is 0.0602. The second-order valence-corrected chi connectivity index (χ2v) is 7.25. The van der Waals surface area contributed by atoms with Crippen molar-refractivity contribution < 1.29 is 9.90 Å². The molecule has 0 fully saturated rings. The molecule has 0 bridgehead atoms. The van der Waals surface area contributed by atoms with Gasteiger partial charge in [-0.05, 0) is 30.0 Å². The highest BCUT2D eigenvalue weighted by Gasteiger charge is 2.14. The van der Waals surface area contributed by atoms with Crippen molar-refractivity contribution in [3.05, 3.63) is 46.1 Å². The quantitative estimate of drug-likeness (QED) is 0.735. The molecule has 0 unspecified atom stereocenters. The summed E-state index contributed by atoms with van der Waals surface area (Å²) < 4.78 is 2.01. The van der Waals surface area contributed by atoms with Gasteiger partial charge in [-0.2, -0.15) is 0 Å². The van der Waals surface area contributed by atoms with E-state index in [1.165, 1.54) is 16.9 Å². The van der Waals surface area contributed by atoms with Crippen molar-refractivity contribution in [1.82, 2.24) is 9.55 Å². The van der Waals surface area contributed by atoms with Crippen LogP contribution < -0.4 is 0 Å². The van der Waals surface area contributed by atoms with E-state index in [1.54, 1.807) is 5.38 Å². The Morgan fingerprint density at radius 3 is 2.91 bits per heavy atom. The number of aliphatic carboxylic acids is 1. The van der Waals surface area contributed by atoms with E-state index in [0.29, 0.717) is 16.6 Å². The van der Waals surface area contributed by atoms with Crippen LogP contribution in [0.4, 0.5) is 0 Å². The van der Waals surface area contributed by atoms with Crippen LogP contribution >= 0.6 is 22.9 Å². The number of hydrogen-bond donors (Lipinski definition) is 1. The fourth-order valence-electron chi connectivity index (χ4n) is 2.67. The van der Waals surface area contributed by atoms with Crippen molar-refractivity contribution in [2.24, 2.45) is 5.92 Å². The molecule has 4 nitrogen and oxygen atoms in total. The second kappa shape index (κ2) is 6.34. The zero-order chi connectivity index (χ0) is 16.6. The maximum absolute atomic E-state index is 10.8. The lowest BCUT2D eigenvalue weighted by Gasteiger charge is -2.02. The summed E-state index contributed by atoms with van der Waals surface area (Å²) in [6.45, 7) is 4.38. The molecular weight excluding hydrogens is 332 g/mol. The van der Waals surface area contributed by atoms with Crippen molar-refractivity contribution in [3.63, 3.8) is 0 Å². The fourth-order valence-corrected chi connectivity index (χ4v) is 3.65. The first kappa shape index (κ1) is 16.0. The van der Waals surface area contributed by atoms with Crippen LogP contribution in [0.25, 0.3) is 16.0 Å². The lowest BCUT2D eigenvalue weighted by molar-refractivity contribution is -0.136. The van der Waals surface area contributed by atoms with Gasteiger partial charge in [0.1, 0.15) is 0 Å².